The normalized spacial score (nSPS) is 13.3. The Hall–Kier alpha value is -1.04. The maximum absolute atomic E-state index is 12.7. The van der Waals surface area contributed by atoms with E-state index >= 15 is 0 Å². The summed E-state index contributed by atoms with van der Waals surface area (Å²) in [6.07, 6.45) is -5.49. The molecular formula is C15H11BrClF3O. The number of rotatable bonds is 2. The van der Waals surface area contributed by atoms with Gasteiger partial charge in [0.1, 0.15) is 6.10 Å². The van der Waals surface area contributed by atoms with E-state index in [0.717, 1.165) is 12.1 Å². The zero-order chi connectivity index (χ0) is 15.8. The molecule has 1 nitrogen and oxygen atoms in total. The fourth-order valence-corrected chi connectivity index (χ4v) is 2.67. The van der Waals surface area contributed by atoms with Gasteiger partial charge in [0.15, 0.2) is 0 Å². The third kappa shape index (κ3) is 3.42. The van der Waals surface area contributed by atoms with Crippen molar-refractivity contribution in [3.63, 3.8) is 0 Å². The first-order valence-corrected chi connectivity index (χ1v) is 7.18. The fourth-order valence-electron chi connectivity index (χ4n) is 2.06. The van der Waals surface area contributed by atoms with Gasteiger partial charge in [-0.25, -0.2) is 0 Å². The van der Waals surface area contributed by atoms with E-state index in [1.807, 2.05) is 0 Å². The molecule has 0 aliphatic heterocycles. The summed E-state index contributed by atoms with van der Waals surface area (Å²) in [4.78, 5) is 0. The number of halogens is 5. The topological polar surface area (TPSA) is 20.2 Å². The summed E-state index contributed by atoms with van der Waals surface area (Å²) in [5.74, 6) is 0. The van der Waals surface area contributed by atoms with Gasteiger partial charge in [0, 0.05) is 10.0 Å². The van der Waals surface area contributed by atoms with E-state index in [2.05, 4.69) is 15.9 Å². The lowest BCUT2D eigenvalue weighted by atomic mass is 9.96. The average Bonchev–Trinajstić information content (AvgIpc) is 2.40. The Morgan fingerprint density at radius 2 is 1.81 bits per heavy atom. The van der Waals surface area contributed by atoms with E-state index in [1.54, 1.807) is 18.2 Å². The Bertz CT molecular complexity index is 670. The maximum Gasteiger partial charge on any atom is 0.416 e. The van der Waals surface area contributed by atoms with Crippen LogP contribution in [0.5, 0.6) is 0 Å². The van der Waals surface area contributed by atoms with Crippen LogP contribution in [0.15, 0.2) is 40.9 Å². The number of hydrogen-bond donors (Lipinski definition) is 1. The molecule has 0 aliphatic carbocycles. The highest BCUT2D eigenvalue weighted by Crippen LogP contribution is 2.36. The summed E-state index contributed by atoms with van der Waals surface area (Å²) < 4.78 is 38.6. The lowest BCUT2D eigenvalue weighted by Gasteiger charge is -2.17. The van der Waals surface area contributed by atoms with E-state index in [1.165, 1.54) is 13.0 Å². The van der Waals surface area contributed by atoms with Crippen molar-refractivity contribution in [3.05, 3.63) is 68.1 Å². The van der Waals surface area contributed by atoms with Crippen LogP contribution in [-0.2, 0) is 6.18 Å². The summed E-state index contributed by atoms with van der Waals surface area (Å²) in [7, 11) is 0. The van der Waals surface area contributed by atoms with Crippen LogP contribution >= 0.6 is 27.5 Å². The van der Waals surface area contributed by atoms with Crippen LogP contribution in [0.3, 0.4) is 0 Å². The van der Waals surface area contributed by atoms with Crippen molar-refractivity contribution in [3.8, 4) is 0 Å². The van der Waals surface area contributed by atoms with Crippen molar-refractivity contribution in [2.24, 2.45) is 0 Å². The molecule has 21 heavy (non-hydrogen) atoms. The predicted molar refractivity (Wildman–Crippen MR) is 79.4 cm³/mol. The Labute approximate surface area is 133 Å². The number of aliphatic hydroxyl groups excluding tert-OH is 1. The number of benzene rings is 2. The molecule has 0 spiro atoms. The maximum atomic E-state index is 12.7. The summed E-state index contributed by atoms with van der Waals surface area (Å²) in [6.45, 7) is 1.53. The summed E-state index contributed by atoms with van der Waals surface area (Å²) in [5.41, 5.74) is 0.446. The highest BCUT2D eigenvalue weighted by molar-refractivity contribution is 9.10. The van der Waals surface area contributed by atoms with Gasteiger partial charge < -0.3 is 5.11 Å². The van der Waals surface area contributed by atoms with Crippen LogP contribution in [0, 0.1) is 6.92 Å². The molecule has 0 fully saturated rings. The highest BCUT2D eigenvalue weighted by Gasteiger charge is 2.31. The van der Waals surface area contributed by atoms with Crippen molar-refractivity contribution in [1.82, 2.24) is 0 Å². The molecule has 0 heterocycles. The SMILES string of the molecule is Cc1cc(C(F)(F)F)ccc1C(O)c1cccc(Br)c1Cl. The van der Waals surface area contributed by atoms with Gasteiger partial charge >= 0.3 is 6.18 Å². The van der Waals surface area contributed by atoms with Crippen LogP contribution in [0.4, 0.5) is 13.2 Å². The summed E-state index contributed by atoms with van der Waals surface area (Å²) in [6, 6.07) is 8.31. The molecule has 2 aromatic carbocycles. The standard InChI is InChI=1S/C15H11BrClF3O/c1-8-7-9(15(18,19)20)5-6-10(8)14(21)11-3-2-4-12(16)13(11)17/h2-7,14,21H,1H3. The minimum absolute atomic E-state index is 0.337. The van der Waals surface area contributed by atoms with Crippen LogP contribution in [0.25, 0.3) is 0 Å². The molecule has 0 saturated heterocycles. The summed E-state index contributed by atoms with van der Waals surface area (Å²) in [5, 5.41) is 10.7. The van der Waals surface area contributed by atoms with E-state index in [9.17, 15) is 18.3 Å². The van der Waals surface area contributed by atoms with Crippen molar-refractivity contribution >= 4 is 27.5 Å². The van der Waals surface area contributed by atoms with Crippen LogP contribution < -0.4 is 0 Å². The fraction of sp³-hybridized carbons (Fsp3) is 0.200. The van der Waals surface area contributed by atoms with E-state index < -0.39 is 17.8 Å². The van der Waals surface area contributed by atoms with Gasteiger partial charge in [0.2, 0.25) is 0 Å². The molecule has 0 aromatic heterocycles. The first-order valence-electron chi connectivity index (χ1n) is 6.01. The molecule has 0 radical (unpaired) electrons. The zero-order valence-electron chi connectivity index (χ0n) is 10.9. The largest absolute Gasteiger partial charge is 0.416 e. The van der Waals surface area contributed by atoms with E-state index in [-0.39, 0.29) is 0 Å². The number of aliphatic hydroxyl groups is 1. The Morgan fingerprint density at radius 1 is 1.14 bits per heavy atom. The van der Waals surface area contributed by atoms with E-state index in [0.29, 0.717) is 26.2 Å². The molecule has 6 heteroatoms. The number of aryl methyl sites for hydroxylation is 1. The smallest absolute Gasteiger partial charge is 0.384 e. The third-order valence-corrected chi connectivity index (χ3v) is 4.48. The van der Waals surface area contributed by atoms with Gasteiger partial charge in [0.25, 0.3) is 0 Å². The minimum Gasteiger partial charge on any atom is -0.384 e. The third-order valence-electron chi connectivity index (χ3n) is 3.17. The molecule has 0 amide bonds. The second-order valence-corrected chi connectivity index (χ2v) is 5.85. The van der Waals surface area contributed by atoms with Crippen molar-refractivity contribution in [1.29, 1.82) is 0 Å². The second kappa shape index (κ2) is 5.99. The van der Waals surface area contributed by atoms with Crippen LogP contribution in [-0.4, -0.2) is 5.11 Å². The van der Waals surface area contributed by atoms with Gasteiger partial charge in [-0.15, -0.1) is 0 Å². The Kier molecular flexibility index (Phi) is 4.66. The molecular weight excluding hydrogens is 369 g/mol. The molecule has 1 N–H and O–H groups in total. The molecule has 1 unspecified atom stereocenters. The van der Waals surface area contributed by atoms with Gasteiger partial charge in [-0.3, -0.25) is 0 Å². The van der Waals surface area contributed by atoms with Crippen molar-refractivity contribution in [2.75, 3.05) is 0 Å². The molecule has 1 atom stereocenters. The first-order chi connectivity index (χ1) is 9.71. The number of alkyl halides is 3. The highest BCUT2D eigenvalue weighted by atomic mass is 79.9. The van der Waals surface area contributed by atoms with Gasteiger partial charge in [0.05, 0.1) is 10.6 Å². The molecule has 112 valence electrons. The molecule has 0 bridgehead atoms. The van der Waals surface area contributed by atoms with Gasteiger partial charge in [-0.05, 0) is 52.2 Å². The monoisotopic (exact) mass is 378 g/mol. The number of hydrogen-bond acceptors (Lipinski definition) is 1. The zero-order valence-corrected chi connectivity index (χ0v) is 13.2. The predicted octanol–water partition coefficient (Wildman–Crippen LogP) is 5.51. The van der Waals surface area contributed by atoms with Crippen LogP contribution in [0.2, 0.25) is 5.02 Å². The van der Waals surface area contributed by atoms with Crippen LogP contribution in [0.1, 0.15) is 28.4 Å². The van der Waals surface area contributed by atoms with E-state index in [4.69, 9.17) is 11.6 Å². The quantitative estimate of drug-likeness (QED) is 0.729. The molecule has 0 aliphatic rings. The van der Waals surface area contributed by atoms with Gasteiger partial charge in [-0.2, -0.15) is 13.2 Å². The van der Waals surface area contributed by atoms with Crippen molar-refractivity contribution in [2.45, 2.75) is 19.2 Å². The summed E-state index contributed by atoms with van der Waals surface area (Å²) >= 11 is 9.36. The average molecular weight is 380 g/mol. The molecule has 0 saturated carbocycles. The van der Waals surface area contributed by atoms with Crippen molar-refractivity contribution < 1.29 is 18.3 Å². The first kappa shape index (κ1) is 16.3. The second-order valence-electron chi connectivity index (χ2n) is 4.61. The minimum atomic E-state index is -4.40. The lowest BCUT2D eigenvalue weighted by Crippen LogP contribution is -2.08. The Morgan fingerprint density at radius 3 is 2.38 bits per heavy atom. The Balaban J connectivity index is 2.45. The lowest BCUT2D eigenvalue weighted by molar-refractivity contribution is -0.137. The molecule has 2 rings (SSSR count). The molecule has 2 aromatic rings. The van der Waals surface area contributed by atoms with Gasteiger partial charge in [-0.1, -0.05) is 29.8 Å².